The molecule has 4 nitrogen and oxygen atoms in total. The average Bonchev–Trinajstić information content (AvgIpc) is 2.41. The summed E-state index contributed by atoms with van der Waals surface area (Å²) in [6.07, 6.45) is 0.953. The van der Waals surface area contributed by atoms with Crippen LogP contribution in [0.1, 0.15) is 27.2 Å². The van der Waals surface area contributed by atoms with Crippen molar-refractivity contribution in [1.82, 2.24) is 0 Å². The summed E-state index contributed by atoms with van der Waals surface area (Å²) in [6.45, 7) is 6.15. The molecule has 5 heteroatoms. The van der Waals surface area contributed by atoms with Crippen molar-refractivity contribution in [3.05, 3.63) is 24.3 Å². The van der Waals surface area contributed by atoms with E-state index in [1.54, 1.807) is 32.9 Å². The van der Waals surface area contributed by atoms with E-state index in [-0.39, 0.29) is 5.97 Å². The van der Waals surface area contributed by atoms with Crippen molar-refractivity contribution in [2.45, 2.75) is 32.8 Å². The highest BCUT2D eigenvalue weighted by Crippen LogP contribution is 2.22. The first-order valence-corrected chi connectivity index (χ1v) is 7.77. The van der Waals surface area contributed by atoms with E-state index < -0.39 is 5.60 Å². The maximum atomic E-state index is 11.7. The van der Waals surface area contributed by atoms with Gasteiger partial charge in [-0.05, 0) is 51.5 Å². The molecule has 0 unspecified atom stereocenters. The summed E-state index contributed by atoms with van der Waals surface area (Å²) in [5.74, 6) is 1.01. The molecule has 0 aliphatic heterocycles. The third-order valence-electron chi connectivity index (χ3n) is 2.51. The van der Waals surface area contributed by atoms with Crippen LogP contribution in [0.4, 0.5) is 0 Å². The largest absolute Gasteiger partial charge is 0.494 e. The zero-order chi connectivity index (χ0) is 15.0. The maximum absolute atomic E-state index is 11.7. The number of benzene rings is 1. The van der Waals surface area contributed by atoms with Gasteiger partial charge in [-0.25, -0.2) is 4.79 Å². The van der Waals surface area contributed by atoms with Gasteiger partial charge in [0.2, 0.25) is 0 Å². The predicted octanol–water partition coefficient (Wildman–Crippen LogP) is 3.57. The van der Waals surface area contributed by atoms with Crippen molar-refractivity contribution < 1.29 is 19.0 Å². The molecule has 1 aromatic carbocycles. The van der Waals surface area contributed by atoms with Crippen LogP contribution in [0, 0.1) is 0 Å². The normalized spacial score (nSPS) is 11.0. The highest BCUT2D eigenvalue weighted by Gasteiger charge is 2.31. The number of hydrogen-bond donors (Lipinski definition) is 0. The summed E-state index contributed by atoms with van der Waals surface area (Å²) >= 11 is 3.35. The van der Waals surface area contributed by atoms with Crippen LogP contribution in [0.5, 0.6) is 11.5 Å². The number of alkyl halides is 1. The Morgan fingerprint density at radius 1 is 1.20 bits per heavy atom. The van der Waals surface area contributed by atoms with Crippen LogP contribution >= 0.6 is 15.9 Å². The molecule has 0 radical (unpaired) electrons. The van der Waals surface area contributed by atoms with E-state index in [9.17, 15) is 4.79 Å². The molecule has 0 N–H and O–H groups in total. The van der Waals surface area contributed by atoms with Crippen LogP contribution in [0.2, 0.25) is 0 Å². The summed E-state index contributed by atoms with van der Waals surface area (Å²) < 4.78 is 16.2. The second kappa shape index (κ2) is 8.15. The Morgan fingerprint density at radius 3 is 2.35 bits per heavy atom. The molecule has 0 aliphatic carbocycles. The van der Waals surface area contributed by atoms with E-state index in [1.807, 2.05) is 12.1 Å². The summed E-state index contributed by atoms with van der Waals surface area (Å²) in [6, 6.07) is 7.21. The summed E-state index contributed by atoms with van der Waals surface area (Å²) in [4.78, 5) is 11.7. The topological polar surface area (TPSA) is 44.8 Å². The number of carbonyl (C=O) groups excluding carboxylic acids is 1. The molecule has 0 fully saturated rings. The molecule has 0 spiro atoms. The predicted molar refractivity (Wildman–Crippen MR) is 81.7 cm³/mol. The van der Waals surface area contributed by atoms with E-state index in [2.05, 4.69) is 15.9 Å². The van der Waals surface area contributed by atoms with Crippen LogP contribution in [0.15, 0.2) is 24.3 Å². The lowest BCUT2D eigenvalue weighted by Crippen LogP contribution is -2.39. The minimum Gasteiger partial charge on any atom is -0.494 e. The molecule has 0 saturated heterocycles. The number of carbonyl (C=O) groups is 1. The first-order valence-electron chi connectivity index (χ1n) is 6.64. The lowest BCUT2D eigenvalue weighted by molar-refractivity contribution is -0.158. The molecule has 1 rings (SSSR count). The molecular formula is C15H21BrO4. The smallest absolute Gasteiger partial charge is 0.349 e. The third-order valence-corrected chi connectivity index (χ3v) is 3.07. The first kappa shape index (κ1) is 16.8. The van der Waals surface area contributed by atoms with Crippen LogP contribution in [0.25, 0.3) is 0 Å². The van der Waals surface area contributed by atoms with Gasteiger partial charge in [0.25, 0.3) is 0 Å². The van der Waals surface area contributed by atoms with Crippen molar-refractivity contribution in [2.24, 2.45) is 0 Å². The van der Waals surface area contributed by atoms with Crippen molar-refractivity contribution in [3.63, 3.8) is 0 Å². The van der Waals surface area contributed by atoms with Crippen molar-refractivity contribution in [3.8, 4) is 11.5 Å². The van der Waals surface area contributed by atoms with Gasteiger partial charge in [-0.2, -0.15) is 0 Å². The molecule has 0 aromatic heterocycles. The summed E-state index contributed by atoms with van der Waals surface area (Å²) in [7, 11) is 0. The molecule has 0 amide bonds. The summed E-state index contributed by atoms with van der Waals surface area (Å²) in [5.41, 5.74) is -1.01. The molecule has 20 heavy (non-hydrogen) atoms. The molecule has 0 aliphatic rings. The molecule has 0 atom stereocenters. The fraction of sp³-hybridized carbons (Fsp3) is 0.533. The van der Waals surface area contributed by atoms with Crippen LogP contribution in [-0.4, -0.2) is 30.1 Å². The van der Waals surface area contributed by atoms with Gasteiger partial charge in [-0.15, -0.1) is 0 Å². The van der Waals surface area contributed by atoms with Crippen molar-refractivity contribution >= 4 is 21.9 Å². The van der Waals surface area contributed by atoms with Gasteiger partial charge in [0.1, 0.15) is 11.5 Å². The second-order valence-electron chi connectivity index (χ2n) is 4.70. The maximum Gasteiger partial charge on any atom is 0.349 e. The minimum atomic E-state index is -1.01. The molecule has 112 valence electrons. The van der Waals surface area contributed by atoms with Gasteiger partial charge >= 0.3 is 5.97 Å². The molecule has 0 bridgehead atoms. The Bertz CT molecular complexity index is 414. The second-order valence-corrected chi connectivity index (χ2v) is 5.49. The SMILES string of the molecule is CCOC(=O)C(C)(C)Oc1ccc(OCCCBr)cc1. The van der Waals surface area contributed by atoms with Gasteiger partial charge in [-0.3, -0.25) is 0 Å². The van der Waals surface area contributed by atoms with Crippen molar-refractivity contribution in [1.29, 1.82) is 0 Å². The van der Waals surface area contributed by atoms with Crippen molar-refractivity contribution in [2.75, 3.05) is 18.5 Å². The fourth-order valence-corrected chi connectivity index (χ4v) is 1.72. The third kappa shape index (κ3) is 5.41. The number of esters is 1. The number of ether oxygens (including phenoxy) is 3. The highest BCUT2D eigenvalue weighted by atomic mass is 79.9. The van der Waals surface area contributed by atoms with Gasteiger partial charge in [0.05, 0.1) is 13.2 Å². The number of hydrogen-bond acceptors (Lipinski definition) is 4. The number of halogens is 1. The van der Waals surface area contributed by atoms with Gasteiger partial charge in [0.15, 0.2) is 5.60 Å². The summed E-state index contributed by atoms with van der Waals surface area (Å²) in [5, 5.41) is 0.919. The average molecular weight is 345 g/mol. The molecule has 0 heterocycles. The van der Waals surface area contributed by atoms with Gasteiger partial charge in [0, 0.05) is 5.33 Å². The fourth-order valence-electron chi connectivity index (χ4n) is 1.49. The van der Waals surface area contributed by atoms with Gasteiger partial charge < -0.3 is 14.2 Å². The Balaban J connectivity index is 2.58. The van der Waals surface area contributed by atoms with E-state index in [1.165, 1.54) is 0 Å². The molecule has 1 aromatic rings. The lowest BCUT2D eigenvalue weighted by atomic mass is 10.1. The van der Waals surface area contributed by atoms with E-state index in [0.29, 0.717) is 19.0 Å². The Morgan fingerprint density at radius 2 is 1.80 bits per heavy atom. The van der Waals surface area contributed by atoms with E-state index in [4.69, 9.17) is 14.2 Å². The monoisotopic (exact) mass is 344 g/mol. The molecular weight excluding hydrogens is 324 g/mol. The van der Waals surface area contributed by atoms with Crippen LogP contribution in [0.3, 0.4) is 0 Å². The zero-order valence-corrected chi connectivity index (χ0v) is 13.7. The highest BCUT2D eigenvalue weighted by molar-refractivity contribution is 9.09. The first-order chi connectivity index (χ1) is 9.49. The Kier molecular flexibility index (Phi) is 6.85. The Labute approximate surface area is 128 Å². The molecule has 0 saturated carbocycles. The van der Waals surface area contributed by atoms with E-state index in [0.717, 1.165) is 17.5 Å². The Hall–Kier alpha value is -1.23. The van der Waals surface area contributed by atoms with Crippen LogP contribution < -0.4 is 9.47 Å². The van der Waals surface area contributed by atoms with Crippen LogP contribution in [-0.2, 0) is 9.53 Å². The zero-order valence-electron chi connectivity index (χ0n) is 12.1. The van der Waals surface area contributed by atoms with Gasteiger partial charge in [-0.1, -0.05) is 15.9 Å². The minimum absolute atomic E-state index is 0.339. The van der Waals surface area contributed by atoms with E-state index >= 15 is 0 Å². The standard InChI is InChI=1S/C15H21BrO4/c1-4-18-14(17)15(2,3)20-13-8-6-12(7-9-13)19-11-5-10-16/h6-9H,4-5,10-11H2,1-3H3. The number of rotatable bonds is 8. The lowest BCUT2D eigenvalue weighted by Gasteiger charge is -2.24. The quantitative estimate of drug-likeness (QED) is 0.410.